The van der Waals surface area contributed by atoms with Crippen molar-refractivity contribution in [3.8, 4) is 5.75 Å². The molecule has 0 saturated heterocycles. The molecule has 0 atom stereocenters. The number of rotatable bonds is 6. The van der Waals surface area contributed by atoms with Gasteiger partial charge in [0, 0.05) is 12.6 Å². The van der Waals surface area contributed by atoms with Crippen molar-refractivity contribution >= 4 is 27.3 Å². The van der Waals surface area contributed by atoms with Crippen molar-refractivity contribution in [1.29, 1.82) is 0 Å². The molecule has 3 aromatic rings. The van der Waals surface area contributed by atoms with Gasteiger partial charge in [0.1, 0.15) is 17.4 Å². The number of hydrogen-bond acceptors (Lipinski definition) is 4. The van der Waals surface area contributed by atoms with Crippen molar-refractivity contribution in [2.45, 2.75) is 24.7 Å². The maximum atomic E-state index is 13.7. The zero-order valence-corrected chi connectivity index (χ0v) is 18.7. The third kappa shape index (κ3) is 4.83. The average molecular weight is 473 g/mol. The molecule has 1 aliphatic rings. The summed E-state index contributed by atoms with van der Waals surface area (Å²) in [6.07, 6.45) is 1.56. The molecule has 1 amide bonds. The molecule has 1 N–H and O–H groups in total. The number of halogens is 2. The van der Waals surface area contributed by atoms with Crippen LogP contribution in [0.4, 0.5) is 20.2 Å². The van der Waals surface area contributed by atoms with Crippen molar-refractivity contribution in [2.75, 3.05) is 22.8 Å². The van der Waals surface area contributed by atoms with Gasteiger partial charge in [0.25, 0.3) is 15.9 Å². The van der Waals surface area contributed by atoms with E-state index in [1.54, 1.807) is 13.0 Å². The summed E-state index contributed by atoms with van der Waals surface area (Å²) in [5, 5.41) is 2.25. The van der Waals surface area contributed by atoms with Crippen molar-refractivity contribution in [3.05, 3.63) is 83.4 Å². The van der Waals surface area contributed by atoms with E-state index in [1.165, 1.54) is 22.5 Å². The first kappa shape index (κ1) is 22.7. The summed E-state index contributed by atoms with van der Waals surface area (Å²) in [5.74, 6) is -1.82. The molecule has 0 aliphatic carbocycles. The molecular weight excluding hydrogens is 450 g/mol. The zero-order chi connectivity index (χ0) is 23.6. The second-order valence-corrected chi connectivity index (χ2v) is 9.56. The van der Waals surface area contributed by atoms with Crippen LogP contribution < -0.4 is 14.4 Å². The number of amides is 1. The van der Waals surface area contributed by atoms with Crippen LogP contribution in [0.25, 0.3) is 0 Å². The van der Waals surface area contributed by atoms with Crippen LogP contribution in [-0.2, 0) is 21.2 Å². The minimum Gasteiger partial charge on any atom is -0.483 e. The van der Waals surface area contributed by atoms with Gasteiger partial charge >= 0.3 is 0 Å². The number of ether oxygens (including phenoxy) is 1. The summed E-state index contributed by atoms with van der Waals surface area (Å²) < 4.78 is 60.4. The topological polar surface area (TPSA) is 75.7 Å². The molecule has 0 radical (unpaired) electrons. The highest BCUT2D eigenvalue weighted by Gasteiger charge is 2.29. The highest BCUT2D eigenvalue weighted by Crippen LogP contribution is 2.33. The lowest BCUT2D eigenvalue weighted by Crippen LogP contribution is -2.35. The predicted octanol–water partition coefficient (Wildman–Crippen LogP) is 4.43. The van der Waals surface area contributed by atoms with E-state index in [4.69, 9.17) is 4.74 Å². The number of hydrogen-bond donors (Lipinski definition) is 1. The molecule has 4 rings (SSSR count). The molecule has 0 spiro atoms. The van der Waals surface area contributed by atoms with E-state index in [1.807, 2.05) is 18.2 Å². The number of aryl methyl sites for hydroxylation is 2. The van der Waals surface area contributed by atoms with Crippen LogP contribution >= 0.6 is 0 Å². The zero-order valence-electron chi connectivity index (χ0n) is 17.8. The molecular formula is C24H22F2N2O4S. The number of fused-ring (bicyclic) bond motifs is 1. The van der Waals surface area contributed by atoms with Crippen LogP contribution in [-0.4, -0.2) is 27.5 Å². The third-order valence-corrected chi connectivity index (χ3v) is 7.17. The maximum absolute atomic E-state index is 13.7. The van der Waals surface area contributed by atoms with Crippen LogP contribution in [0.5, 0.6) is 5.75 Å². The first-order valence-corrected chi connectivity index (χ1v) is 11.8. The average Bonchev–Trinajstić information content (AvgIpc) is 2.80. The number of carbonyl (C=O) groups excluding carboxylic acids is 1. The molecule has 0 unspecified atom stereocenters. The fourth-order valence-electron chi connectivity index (χ4n) is 3.74. The van der Waals surface area contributed by atoms with Gasteiger partial charge in [0.15, 0.2) is 6.61 Å². The molecule has 9 heteroatoms. The van der Waals surface area contributed by atoms with Gasteiger partial charge in [-0.05, 0) is 67.3 Å². The molecule has 1 aliphatic heterocycles. The molecule has 0 saturated carbocycles. The molecule has 33 heavy (non-hydrogen) atoms. The second kappa shape index (κ2) is 9.19. The number of benzene rings is 3. The Morgan fingerprint density at radius 3 is 2.67 bits per heavy atom. The predicted molar refractivity (Wildman–Crippen MR) is 121 cm³/mol. The standard InChI is InChI=1S/C24H22F2N2O4S/c1-16-13-19(33(30,31)28-12-4-6-17-5-2-3-7-22(17)28)9-11-23(16)32-15-24(29)27-21-14-18(25)8-10-20(21)26/h2-3,5,7-11,13-14H,4,6,12,15H2,1H3,(H,27,29). The van der Waals surface area contributed by atoms with Gasteiger partial charge in [-0.15, -0.1) is 0 Å². The summed E-state index contributed by atoms with van der Waals surface area (Å²) in [7, 11) is -3.77. The Kier molecular flexibility index (Phi) is 6.33. The Bertz CT molecular complexity index is 1310. The number of anilines is 2. The highest BCUT2D eigenvalue weighted by atomic mass is 32.2. The van der Waals surface area contributed by atoms with Crippen LogP contribution in [0.1, 0.15) is 17.5 Å². The largest absolute Gasteiger partial charge is 0.483 e. The number of sulfonamides is 1. The van der Waals surface area contributed by atoms with E-state index in [-0.39, 0.29) is 10.6 Å². The van der Waals surface area contributed by atoms with Gasteiger partial charge in [-0.3, -0.25) is 9.10 Å². The summed E-state index contributed by atoms with van der Waals surface area (Å²) in [6.45, 7) is 1.61. The van der Waals surface area contributed by atoms with Crippen LogP contribution in [0.3, 0.4) is 0 Å². The molecule has 0 bridgehead atoms. The molecule has 1 heterocycles. The summed E-state index contributed by atoms with van der Waals surface area (Å²) in [6, 6.07) is 14.6. The van der Waals surface area contributed by atoms with Crippen molar-refractivity contribution in [3.63, 3.8) is 0 Å². The molecule has 3 aromatic carbocycles. The lowest BCUT2D eigenvalue weighted by Gasteiger charge is -2.30. The lowest BCUT2D eigenvalue weighted by atomic mass is 10.0. The SMILES string of the molecule is Cc1cc(S(=O)(=O)N2CCCc3ccccc32)ccc1OCC(=O)Nc1cc(F)ccc1F. The monoisotopic (exact) mass is 472 g/mol. The first-order chi connectivity index (χ1) is 15.8. The van der Waals surface area contributed by atoms with Crippen molar-refractivity contribution < 1.29 is 26.7 Å². The second-order valence-electron chi connectivity index (χ2n) is 7.70. The van der Waals surface area contributed by atoms with E-state index in [0.717, 1.165) is 36.6 Å². The summed E-state index contributed by atoms with van der Waals surface area (Å²) in [5.41, 5.74) is 1.91. The fourth-order valence-corrected chi connectivity index (χ4v) is 5.37. The minimum absolute atomic E-state index is 0.121. The molecule has 6 nitrogen and oxygen atoms in total. The number of nitrogens with one attached hydrogen (secondary N) is 1. The van der Waals surface area contributed by atoms with Crippen LogP contribution in [0.2, 0.25) is 0 Å². The number of para-hydroxylation sites is 1. The molecule has 172 valence electrons. The van der Waals surface area contributed by atoms with Gasteiger partial charge in [-0.1, -0.05) is 18.2 Å². The smallest absolute Gasteiger partial charge is 0.264 e. The Morgan fingerprint density at radius 1 is 1.09 bits per heavy atom. The number of carbonyl (C=O) groups is 1. The van der Waals surface area contributed by atoms with Gasteiger partial charge in [-0.25, -0.2) is 17.2 Å². The molecule has 0 fully saturated rings. The summed E-state index contributed by atoms with van der Waals surface area (Å²) >= 11 is 0. The summed E-state index contributed by atoms with van der Waals surface area (Å²) in [4.78, 5) is 12.2. The Hall–Kier alpha value is -3.46. The van der Waals surface area contributed by atoms with Crippen LogP contribution in [0.15, 0.2) is 65.6 Å². The highest BCUT2D eigenvalue weighted by molar-refractivity contribution is 7.92. The van der Waals surface area contributed by atoms with E-state index >= 15 is 0 Å². The normalized spacial score (nSPS) is 13.4. The van der Waals surface area contributed by atoms with Gasteiger partial charge in [-0.2, -0.15) is 0 Å². The third-order valence-electron chi connectivity index (χ3n) is 5.36. The van der Waals surface area contributed by atoms with E-state index in [9.17, 15) is 22.0 Å². The fraction of sp³-hybridized carbons (Fsp3) is 0.208. The van der Waals surface area contributed by atoms with Crippen molar-refractivity contribution in [1.82, 2.24) is 0 Å². The minimum atomic E-state index is -3.77. The van der Waals surface area contributed by atoms with Crippen molar-refractivity contribution in [2.24, 2.45) is 0 Å². The quantitative estimate of drug-likeness (QED) is 0.576. The van der Waals surface area contributed by atoms with Crippen LogP contribution in [0, 0.1) is 18.6 Å². The molecule has 0 aromatic heterocycles. The van der Waals surface area contributed by atoms with E-state index < -0.39 is 34.2 Å². The van der Waals surface area contributed by atoms with Gasteiger partial charge < -0.3 is 10.1 Å². The number of nitrogens with zero attached hydrogens (tertiary/aromatic N) is 1. The van der Waals surface area contributed by atoms with E-state index in [2.05, 4.69) is 5.32 Å². The Labute approximate surface area is 190 Å². The van der Waals surface area contributed by atoms with Gasteiger partial charge in [0.2, 0.25) is 0 Å². The van der Waals surface area contributed by atoms with Gasteiger partial charge in [0.05, 0.1) is 16.3 Å². The Morgan fingerprint density at radius 2 is 1.88 bits per heavy atom. The van der Waals surface area contributed by atoms with E-state index in [0.29, 0.717) is 23.5 Å². The maximum Gasteiger partial charge on any atom is 0.264 e. The lowest BCUT2D eigenvalue weighted by molar-refractivity contribution is -0.118. The Balaban J connectivity index is 1.47. The first-order valence-electron chi connectivity index (χ1n) is 10.3.